The molecular formula is C20H22N4O3S. The molecule has 3 rings (SSSR count). The second-order valence-corrected chi connectivity index (χ2v) is 7.08. The standard InChI is InChI=1S/C20H22N4O3S/c21-18(22-11-9-13-1-5-15(25)6-2-13)17-19(27)24-28-20(17)23-12-10-14-3-7-16(26)8-4-14/h1-8,23,25-26H,9-12H2,(H2,21,22)(H,24,27). The van der Waals surface area contributed by atoms with E-state index in [-0.39, 0.29) is 22.9 Å². The lowest BCUT2D eigenvalue weighted by molar-refractivity contribution is 0.474. The van der Waals surface area contributed by atoms with E-state index in [4.69, 9.17) is 5.73 Å². The van der Waals surface area contributed by atoms with Gasteiger partial charge in [-0.25, -0.2) is 0 Å². The van der Waals surface area contributed by atoms with Crippen molar-refractivity contribution >= 4 is 22.4 Å². The summed E-state index contributed by atoms with van der Waals surface area (Å²) >= 11 is 1.20. The van der Waals surface area contributed by atoms with Crippen LogP contribution in [0.15, 0.2) is 58.3 Å². The van der Waals surface area contributed by atoms with Crippen molar-refractivity contribution in [2.24, 2.45) is 10.7 Å². The van der Waals surface area contributed by atoms with Crippen molar-refractivity contribution in [3.8, 4) is 11.5 Å². The van der Waals surface area contributed by atoms with Gasteiger partial charge >= 0.3 is 0 Å². The van der Waals surface area contributed by atoms with E-state index in [0.717, 1.165) is 17.5 Å². The molecule has 1 heterocycles. The van der Waals surface area contributed by atoms with Gasteiger partial charge in [0.05, 0.1) is 0 Å². The van der Waals surface area contributed by atoms with Gasteiger partial charge in [-0.2, -0.15) is 0 Å². The molecule has 0 atom stereocenters. The molecule has 2 aromatic carbocycles. The number of phenolic OH excluding ortho intramolecular Hbond substituents is 2. The number of nitrogens with one attached hydrogen (secondary N) is 2. The van der Waals surface area contributed by atoms with Crippen molar-refractivity contribution in [1.29, 1.82) is 0 Å². The third-order valence-corrected chi connectivity index (χ3v) is 5.05. The average molecular weight is 398 g/mol. The van der Waals surface area contributed by atoms with Crippen LogP contribution in [0.5, 0.6) is 11.5 Å². The summed E-state index contributed by atoms with van der Waals surface area (Å²) in [6, 6.07) is 13.9. The molecule has 8 heteroatoms. The zero-order valence-electron chi connectivity index (χ0n) is 15.2. The number of hydrogen-bond donors (Lipinski definition) is 5. The van der Waals surface area contributed by atoms with Crippen molar-refractivity contribution < 1.29 is 10.2 Å². The fourth-order valence-corrected chi connectivity index (χ4v) is 3.46. The molecule has 0 aliphatic carbocycles. The lowest BCUT2D eigenvalue weighted by Crippen LogP contribution is -2.23. The van der Waals surface area contributed by atoms with Crippen LogP contribution < -0.4 is 16.6 Å². The third kappa shape index (κ3) is 5.14. The van der Waals surface area contributed by atoms with Gasteiger partial charge in [-0.15, -0.1) is 0 Å². The Kier molecular flexibility index (Phi) is 6.33. The number of aromatic amines is 1. The average Bonchev–Trinajstić information content (AvgIpc) is 3.05. The summed E-state index contributed by atoms with van der Waals surface area (Å²) in [5.74, 6) is 0.659. The lowest BCUT2D eigenvalue weighted by atomic mass is 10.1. The van der Waals surface area contributed by atoms with E-state index in [0.29, 0.717) is 30.1 Å². The van der Waals surface area contributed by atoms with Gasteiger partial charge in [-0.05, 0) is 59.8 Å². The van der Waals surface area contributed by atoms with Gasteiger partial charge in [0.25, 0.3) is 5.56 Å². The van der Waals surface area contributed by atoms with Gasteiger partial charge in [0, 0.05) is 13.1 Å². The van der Waals surface area contributed by atoms with Crippen LogP contribution in [0.1, 0.15) is 16.7 Å². The first kappa shape index (κ1) is 19.5. The zero-order chi connectivity index (χ0) is 19.9. The summed E-state index contributed by atoms with van der Waals surface area (Å²) in [7, 11) is 0. The minimum absolute atomic E-state index is 0.202. The fourth-order valence-electron chi connectivity index (χ4n) is 2.69. The highest BCUT2D eigenvalue weighted by Gasteiger charge is 2.14. The first-order chi connectivity index (χ1) is 13.5. The van der Waals surface area contributed by atoms with E-state index in [9.17, 15) is 15.0 Å². The van der Waals surface area contributed by atoms with Crippen molar-refractivity contribution in [3.05, 3.63) is 75.6 Å². The highest BCUT2D eigenvalue weighted by molar-refractivity contribution is 7.10. The van der Waals surface area contributed by atoms with Crippen LogP contribution in [-0.2, 0) is 12.8 Å². The molecule has 0 radical (unpaired) electrons. The molecular weight excluding hydrogens is 376 g/mol. The molecule has 0 saturated heterocycles. The molecule has 1 aromatic heterocycles. The van der Waals surface area contributed by atoms with Crippen LogP contribution in [-0.4, -0.2) is 33.5 Å². The number of hydrogen-bond acceptors (Lipinski definition) is 6. The maximum Gasteiger partial charge on any atom is 0.271 e. The Morgan fingerprint density at radius 2 is 1.57 bits per heavy atom. The Bertz CT molecular complexity index is 992. The normalized spacial score (nSPS) is 11.5. The highest BCUT2D eigenvalue weighted by atomic mass is 32.1. The van der Waals surface area contributed by atoms with E-state index in [1.165, 1.54) is 11.5 Å². The number of rotatable bonds is 8. The van der Waals surface area contributed by atoms with Crippen molar-refractivity contribution in [1.82, 2.24) is 4.37 Å². The summed E-state index contributed by atoms with van der Waals surface area (Å²) < 4.78 is 2.69. The molecule has 0 bridgehead atoms. The molecule has 3 aromatic rings. The SMILES string of the molecule is NC(=NCCc1ccc(O)cc1)c1c(NCCc2ccc(O)cc2)s[nH]c1=O. The molecule has 0 saturated carbocycles. The Hall–Kier alpha value is -3.26. The molecule has 6 N–H and O–H groups in total. The van der Waals surface area contributed by atoms with Crippen LogP contribution in [0.3, 0.4) is 0 Å². The number of H-pyrrole nitrogens is 1. The molecule has 28 heavy (non-hydrogen) atoms. The van der Waals surface area contributed by atoms with E-state index < -0.39 is 0 Å². The van der Waals surface area contributed by atoms with Crippen molar-refractivity contribution in [2.45, 2.75) is 12.8 Å². The van der Waals surface area contributed by atoms with E-state index in [1.807, 2.05) is 24.3 Å². The minimum Gasteiger partial charge on any atom is -0.508 e. The largest absolute Gasteiger partial charge is 0.508 e. The Labute approximate surface area is 166 Å². The Morgan fingerprint density at radius 1 is 1.00 bits per heavy atom. The molecule has 0 fully saturated rings. The van der Waals surface area contributed by atoms with Crippen LogP contribution in [0.2, 0.25) is 0 Å². The van der Waals surface area contributed by atoms with E-state index in [1.54, 1.807) is 24.3 Å². The summed E-state index contributed by atoms with van der Waals surface area (Å²) in [5, 5.41) is 22.5. The predicted molar refractivity (Wildman–Crippen MR) is 113 cm³/mol. The van der Waals surface area contributed by atoms with Crippen molar-refractivity contribution in [2.75, 3.05) is 18.4 Å². The maximum atomic E-state index is 12.1. The van der Waals surface area contributed by atoms with Gasteiger partial charge in [0.2, 0.25) is 0 Å². The summed E-state index contributed by atoms with van der Waals surface area (Å²) in [4.78, 5) is 16.5. The number of anilines is 1. The Morgan fingerprint density at radius 3 is 2.18 bits per heavy atom. The van der Waals surface area contributed by atoms with E-state index in [2.05, 4.69) is 14.7 Å². The monoisotopic (exact) mass is 398 g/mol. The molecule has 0 aliphatic heterocycles. The number of aliphatic imine (C=N–C) groups is 1. The van der Waals surface area contributed by atoms with Gasteiger partial charge < -0.3 is 21.3 Å². The number of benzene rings is 2. The second-order valence-electron chi connectivity index (χ2n) is 6.26. The predicted octanol–water partition coefficient (Wildman–Crippen LogP) is 2.45. The van der Waals surface area contributed by atoms with Crippen molar-refractivity contribution in [3.63, 3.8) is 0 Å². The third-order valence-electron chi connectivity index (χ3n) is 4.21. The highest BCUT2D eigenvalue weighted by Crippen LogP contribution is 2.17. The summed E-state index contributed by atoms with van der Waals surface area (Å²) in [5.41, 5.74) is 8.26. The van der Waals surface area contributed by atoms with Gasteiger partial charge in [0.1, 0.15) is 27.9 Å². The first-order valence-electron chi connectivity index (χ1n) is 8.84. The number of nitrogens with zero attached hydrogens (tertiary/aromatic N) is 1. The van der Waals surface area contributed by atoms with Gasteiger partial charge in [0.15, 0.2) is 0 Å². The number of aromatic hydroxyl groups is 2. The molecule has 0 unspecified atom stereocenters. The number of amidine groups is 1. The topological polar surface area (TPSA) is 124 Å². The maximum absolute atomic E-state index is 12.1. The number of aromatic nitrogens is 1. The molecule has 7 nitrogen and oxygen atoms in total. The molecule has 0 spiro atoms. The first-order valence-corrected chi connectivity index (χ1v) is 9.66. The van der Waals surface area contributed by atoms with Crippen LogP contribution >= 0.6 is 11.5 Å². The smallest absolute Gasteiger partial charge is 0.271 e. The van der Waals surface area contributed by atoms with Gasteiger partial charge in [-0.1, -0.05) is 24.3 Å². The quantitative estimate of drug-likeness (QED) is 0.295. The van der Waals surface area contributed by atoms with Crippen LogP contribution in [0.4, 0.5) is 5.00 Å². The van der Waals surface area contributed by atoms with E-state index >= 15 is 0 Å². The van der Waals surface area contributed by atoms with Gasteiger partial charge in [-0.3, -0.25) is 14.2 Å². The van der Waals surface area contributed by atoms with Crippen LogP contribution in [0, 0.1) is 0 Å². The Balaban J connectivity index is 1.59. The summed E-state index contributed by atoms with van der Waals surface area (Å²) in [6.45, 7) is 1.06. The minimum atomic E-state index is -0.261. The fraction of sp³-hybridized carbons (Fsp3) is 0.200. The number of phenols is 2. The number of nitrogens with two attached hydrogens (primary N) is 1. The molecule has 0 aliphatic rings. The zero-order valence-corrected chi connectivity index (χ0v) is 16.0. The summed E-state index contributed by atoms with van der Waals surface area (Å²) in [6.07, 6.45) is 1.40. The van der Waals surface area contributed by atoms with Crippen LogP contribution in [0.25, 0.3) is 0 Å². The molecule has 146 valence electrons. The second kappa shape index (κ2) is 9.09. The lowest BCUT2D eigenvalue weighted by Gasteiger charge is -2.06. The molecule has 0 amide bonds.